The topological polar surface area (TPSA) is 60.2 Å². The molecule has 0 heterocycles. The van der Waals surface area contributed by atoms with Crippen LogP contribution in [0.5, 0.6) is 0 Å². The Bertz CT molecular complexity index is 420. The Morgan fingerprint density at radius 1 is 1.60 bits per heavy atom. The summed E-state index contributed by atoms with van der Waals surface area (Å²) in [6.45, 7) is 1.55. The highest BCUT2D eigenvalue weighted by Crippen LogP contribution is 2.22. The Morgan fingerprint density at radius 3 is 2.67 bits per heavy atom. The van der Waals surface area contributed by atoms with Gasteiger partial charge in [-0.25, -0.2) is 4.39 Å². The predicted molar refractivity (Wildman–Crippen MR) is 55.8 cm³/mol. The van der Waals surface area contributed by atoms with Gasteiger partial charge in [0.25, 0.3) is 5.69 Å². The number of hydrogen-bond donors (Lipinski definition) is 0. The molecule has 0 fully saturated rings. The largest absolute Gasteiger partial charge is 0.293 e. The molecule has 0 saturated heterocycles. The highest BCUT2D eigenvalue weighted by molar-refractivity contribution is 9.10. The molecule has 0 N–H and O–H groups in total. The zero-order valence-corrected chi connectivity index (χ0v) is 9.32. The van der Waals surface area contributed by atoms with Gasteiger partial charge in [-0.2, -0.15) is 0 Å². The van der Waals surface area contributed by atoms with Gasteiger partial charge < -0.3 is 0 Å². The number of nitrogens with zero attached hydrogens (tertiary/aromatic N) is 1. The molecule has 80 valence electrons. The summed E-state index contributed by atoms with van der Waals surface area (Å²) in [5, 5.41) is 10.6. The van der Waals surface area contributed by atoms with Crippen LogP contribution in [0, 0.1) is 15.9 Å². The fourth-order valence-corrected chi connectivity index (χ4v) is 1.33. The molecule has 1 unspecified atom stereocenters. The summed E-state index contributed by atoms with van der Waals surface area (Å²) in [6.07, 6.45) is 0. The van der Waals surface area contributed by atoms with Gasteiger partial charge in [0.15, 0.2) is 5.78 Å². The van der Waals surface area contributed by atoms with Gasteiger partial charge in [0, 0.05) is 0 Å². The monoisotopic (exact) mass is 275 g/mol. The molecule has 0 aliphatic heterocycles. The molecule has 0 bridgehead atoms. The van der Waals surface area contributed by atoms with E-state index in [4.69, 9.17) is 0 Å². The van der Waals surface area contributed by atoms with Crippen molar-refractivity contribution in [2.45, 2.75) is 11.8 Å². The van der Waals surface area contributed by atoms with E-state index in [2.05, 4.69) is 15.9 Å². The molecule has 15 heavy (non-hydrogen) atoms. The quantitative estimate of drug-likeness (QED) is 0.369. The van der Waals surface area contributed by atoms with Gasteiger partial charge in [-0.05, 0) is 19.1 Å². The number of benzene rings is 1. The summed E-state index contributed by atoms with van der Waals surface area (Å²) in [7, 11) is 0. The van der Waals surface area contributed by atoms with E-state index in [0.717, 1.165) is 18.2 Å². The van der Waals surface area contributed by atoms with Crippen molar-refractivity contribution in [1.29, 1.82) is 0 Å². The van der Waals surface area contributed by atoms with Crippen LogP contribution in [0.15, 0.2) is 18.2 Å². The number of halogens is 2. The Balaban J connectivity index is 3.29. The molecule has 0 aromatic heterocycles. The SMILES string of the molecule is CC(Br)C(=O)c1ccc(F)cc1[N+](=O)[O-]. The molecule has 0 radical (unpaired) electrons. The van der Waals surface area contributed by atoms with Crippen LogP contribution in [-0.4, -0.2) is 15.5 Å². The summed E-state index contributed by atoms with van der Waals surface area (Å²) in [5.74, 6) is -1.18. The van der Waals surface area contributed by atoms with Crippen LogP contribution in [0.4, 0.5) is 10.1 Å². The number of carbonyl (C=O) groups excluding carboxylic acids is 1. The first-order chi connectivity index (χ1) is 6.93. The van der Waals surface area contributed by atoms with Gasteiger partial charge >= 0.3 is 0 Å². The molecule has 1 aromatic rings. The van der Waals surface area contributed by atoms with Crippen LogP contribution in [0.25, 0.3) is 0 Å². The van der Waals surface area contributed by atoms with E-state index in [-0.39, 0.29) is 5.56 Å². The summed E-state index contributed by atoms with van der Waals surface area (Å²) in [5.41, 5.74) is -0.600. The van der Waals surface area contributed by atoms with Crippen LogP contribution in [0.2, 0.25) is 0 Å². The van der Waals surface area contributed by atoms with Gasteiger partial charge in [0.2, 0.25) is 0 Å². The number of hydrogen-bond acceptors (Lipinski definition) is 3. The van der Waals surface area contributed by atoms with Gasteiger partial charge in [-0.15, -0.1) is 0 Å². The first-order valence-electron chi connectivity index (χ1n) is 4.05. The van der Waals surface area contributed by atoms with Crippen LogP contribution in [0.3, 0.4) is 0 Å². The van der Waals surface area contributed by atoms with Crippen molar-refractivity contribution in [3.8, 4) is 0 Å². The minimum Gasteiger partial charge on any atom is -0.293 e. The zero-order chi connectivity index (χ0) is 11.6. The van der Waals surface area contributed by atoms with E-state index < -0.39 is 27.0 Å². The van der Waals surface area contributed by atoms with Gasteiger partial charge in [-0.1, -0.05) is 15.9 Å². The molecule has 0 aliphatic rings. The van der Waals surface area contributed by atoms with E-state index >= 15 is 0 Å². The van der Waals surface area contributed by atoms with Gasteiger partial charge in [-0.3, -0.25) is 14.9 Å². The lowest BCUT2D eigenvalue weighted by atomic mass is 10.1. The standard InChI is InChI=1S/C9H7BrFNO3/c1-5(10)9(13)7-3-2-6(11)4-8(7)12(14)15/h2-5H,1H3. The van der Waals surface area contributed by atoms with E-state index in [1.807, 2.05) is 0 Å². The van der Waals surface area contributed by atoms with Crippen LogP contribution in [0.1, 0.15) is 17.3 Å². The number of nitro groups is 1. The number of Topliss-reactive ketones (excluding diaryl/α,β-unsaturated/α-hetero) is 1. The fraction of sp³-hybridized carbons (Fsp3) is 0.222. The molecule has 0 saturated carbocycles. The second-order valence-electron chi connectivity index (χ2n) is 2.90. The van der Waals surface area contributed by atoms with Gasteiger partial charge in [0.1, 0.15) is 5.82 Å². The number of rotatable bonds is 3. The van der Waals surface area contributed by atoms with Crippen LogP contribution >= 0.6 is 15.9 Å². The summed E-state index contributed by atoms with van der Waals surface area (Å²) >= 11 is 3.01. The predicted octanol–water partition coefficient (Wildman–Crippen LogP) is 2.70. The van der Waals surface area contributed by atoms with Crippen LogP contribution in [-0.2, 0) is 0 Å². The lowest BCUT2D eigenvalue weighted by Crippen LogP contribution is -2.12. The zero-order valence-electron chi connectivity index (χ0n) is 7.74. The normalized spacial score (nSPS) is 12.2. The maximum Gasteiger partial charge on any atom is 0.283 e. The molecule has 0 amide bonds. The summed E-state index contributed by atoms with van der Waals surface area (Å²) in [6, 6.07) is 2.88. The molecular weight excluding hydrogens is 269 g/mol. The third-order valence-corrected chi connectivity index (χ3v) is 2.20. The van der Waals surface area contributed by atoms with Crippen molar-refractivity contribution in [2.24, 2.45) is 0 Å². The maximum atomic E-state index is 12.7. The first kappa shape index (κ1) is 11.8. The minimum atomic E-state index is -0.772. The molecule has 6 heteroatoms. The second-order valence-corrected chi connectivity index (χ2v) is 4.27. The average Bonchev–Trinajstić information content (AvgIpc) is 2.16. The summed E-state index contributed by atoms with van der Waals surface area (Å²) in [4.78, 5) is 20.8. The number of nitro benzene ring substituents is 1. The Morgan fingerprint density at radius 2 is 2.20 bits per heavy atom. The third kappa shape index (κ3) is 2.59. The Kier molecular flexibility index (Phi) is 3.52. The highest BCUT2D eigenvalue weighted by Gasteiger charge is 2.23. The Labute approximate surface area is 93.4 Å². The molecule has 1 atom stereocenters. The lowest BCUT2D eigenvalue weighted by molar-refractivity contribution is -0.385. The first-order valence-corrected chi connectivity index (χ1v) is 4.97. The van der Waals surface area contributed by atoms with E-state index in [9.17, 15) is 19.3 Å². The van der Waals surface area contributed by atoms with Crippen molar-refractivity contribution >= 4 is 27.4 Å². The van der Waals surface area contributed by atoms with Gasteiger partial charge in [0.05, 0.1) is 21.4 Å². The maximum absolute atomic E-state index is 12.7. The van der Waals surface area contributed by atoms with Crippen molar-refractivity contribution in [2.75, 3.05) is 0 Å². The molecular formula is C9H7BrFNO3. The highest BCUT2D eigenvalue weighted by atomic mass is 79.9. The average molecular weight is 276 g/mol. The number of alkyl halides is 1. The number of carbonyl (C=O) groups is 1. The lowest BCUT2D eigenvalue weighted by Gasteiger charge is -2.03. The molecule has 0 spiro atoms. The molecule has 1 rings (SSSR count). The minimum absolute atomic E-state index is 0.0919. The van der Waals surface area contributed by atoms with E-state index in [0.29, 0.717) is 0 Å². The molecule has 1 aromatic carbocycles. The van der Waals surface area contributed by atoms with Crippen molar-refractivity contribution < 1.29 is 14.1 Å². The Hall–Kier alpha value is -1.30. The van der Waals surface area contributed by atoms with E-state index in [1.54, 1.807) is 6.92 Å². The smallest absolute Gasteiger partial charge is 0.283 e. The van der Waals surface area contributed by atoms with E-state index in [1.165, 1.54) is 0 Å². The van der Waals surface area contributed by atoms with Crippen molar-refractivity contribution in [3.63, 3.8) is 0 Å². The second kappa shape index (κ2) is 4.48. The third-order valence-electron chi connectivity index (χ3n) is 1.78. The number of ketones is 1. The van der Waals surface area contributed by atoms with Crippen molar-refractivity contribution in [1.82, 2.24) is 0 Å². The van der Waals surface area contributed by atoms with Crippen molar-refractivity contribution in [3.05, 3.63) is 39.7 Å². The van der Waals surface area contributed by atoms with Crippen LogP contribution < -0.4 is 0 Å². The summed E-state index contributed by atoms with van der Waals surface area (Å²) < 4.78 is 12.7. The fourth-order valence-electron chi connectivity index (χ4n) is 1.08. The molecule has 0 aliphatic carbocycles. The molecule has 4 nitrogen and oxygen atoms in total.